The first kappa shape index (κ1) is 22.7. The number of ether oxygens (including phenoxy) is 1. The van der Waals surface area contributed by atoms with Crippen LogP contribution in [-0.4, -0.2) is 41.9 Å². The number of hydrogen-bond acceptors (Lipinski definition) is 6. The summed E-state index contributed by atoms with van der Waals surface area (Å²) in [6.07, 6.45) is 5.34. The van der Waals surface area contributed by atoms with Crippen molar-refractivity contribution >= 4 is 28.8 Å². The Morgan fingerprint density at radius 2 is 1.63 bits per heavy atom. The van der Waals surface area contributed by atoms with Crippen LogP contribution >= 0.6 is 0 Å². The highest BCUT2D eigenvalue weighted by Gasteiger charge is 2.40. The number of methoxy groups -OCH3 is 1. The van der Waals surface area contributed by atoms with Gasteiger partial charge in [0, 0.05) is 36.2 Å². The third-order valence-electron chi connectivity index (χ3n) is 6.45. The van der Waals surface area contributed by atoms with Gasteiger partial charge in [0.05, 0.1) is 24.9 Å². The van der Waals surface area contributed by atoms with Crippen molar-refractivity contribution in [1.82, 2.24) is 9.88 Å². The van der Waals surface area contributed by atoms with Crippen LogP contribution in [0.4, 0.5) is 11.4 Å². The average Bonchev–Trinajstić information content (AvgIpc) is 3.14. The van der Waals surface area contributed by atoms with E-state index in [4.69, 9.17) is 4.74 Å². The van der Waals surface area contributed by atoms with Gasteiger partial charge in [0.25, 0.3) is 11.8 Å². The highest BCUT2D eigenvalue weighted by Crippen LogP contribution is 2.36. The second-order valence-corrected chi connectivity index (χ2v) is 8.69. The van der Waals surface area contributed by atoms with Crippen molar-refractivity contribution in [2.24, 2.45) is 0 Å². The number of carbonyl (C=O) groups excluding carboxylic acids is 2. The molecule has 0 spiro atoms. The average molecular weight is 469 g/mol. The lowest BCUT2D eigenvalue weighted by Crippen LogP contribution is -2.32. The topological polar surface area (TPSA) is 74.8 Å². The number of nitrogens with one attached hydrogen (secondary N) is 1. The summed E-state index contributed by atoms with van der Waals surface area (Å²) in [6, 6.07) is 20.7. The molecule has 1 aromatic heterocycles. The summed E-state index contributed by atoms with van der Waals surface area (Å²) >= 11 is 0. The zero-order valence-electron chi connectivity index (χ0n) is 19.7. The molecule has 1 fully saturated rings. The van der Waals surface area contributed by atoms with Crippen LogP contribution in [0.15, 0.2) is 78.6 Å². The number of aromatic nitrogens is 1. The maximum Gasteiger partial charge on any atom is 0.278 e. The van der Waals surface area contributed by atoms with E-state index in [9.17, 15) is 9.59 Å². The molecule has 178 valence electrons. The van der Waals surface area contributed by atoms with E-state index in [1.165, 1.54) is 29.8 Å². The molecule has 2 aliphatic heterocycles. The third kappa shape index (κ3) is 4.62. The van der Waals surface area contributed by atoms with Gasteiger partial charge in [0.1, 0.15) is 11.4 Å². The highest BCUT2D eigenvalue weighted by atomic mass is 16.5. The van der Waals surface area contributed by atoms with Gasteiger partial charge in [-0.05, 0) is 61.7 Å². The van der Waals surface area contributed by atoms with Crippen molar-refractivity contribution in [1.29, 1.82) is 0 Å². The van der Waals surface area contributed by atoms with E-state index < -0.39 is 0 Å². The number of nitrogens with zero attached hydrogens (tertiary/aromatic N) is 3. The van der Waals surface area contributed by atoms with E-state index in [-0.39, 0.29) is 24.1 Å². The van der Waals surface area contributed by atoms with Crippen LogP contribution in [0.25, 0.3) is 5.57 Å². The van der Waals surface area contributed by atoms with Gasteiger partial charge in [0.15, 0.2) is 0 Å². The molecule has 0 bridgehead atoms. The van der Waals surface area contributed by atoms with Crippen molar-refractivity contribution < 1.29 is 14.3 Å². The summed E-state index contributed by atoms with van der Waals surface area (Å²) in [6.45, 7) is 2.22. The Morgan fingerprint density at radius 3 is 2.34 bits per heavy atom. The second-order valence-electron chi connectivity index (χ2n) is 8.69. The Balaban J connectivity index is 1.48. The summed E-state index contributed by atoms with van der Waals surface area (Å²) in [5.74, 6) is -0.234. The summed E-state index contributed by atoms with van der Waals surface area (Å²) in [5.41, 5.74) is 3.66. The van der Waals surface area contributed by atoms with Gasteiger partial charge in [-0.1, -0.05) is 24.3 Å². The molecule has 35 heavy (non-hydrogen) atoms. The van der Waals surface area contributed by atoms with E-state index in [1.807, 2.05) is 30.3 Å². The molecule has 7 heteroatoms. The number of para-hydroxylation sites is 1. The zero-order valence-corrected chi connectivity index (χ0v) is 19.7. The summed E-state index contributed by atoms with van der Waals surface area (Å²) in [5, 5.41) is 3.24. The normalized spacial score (nSPS) is 16.1. The molecule has 0 saturated carbocycles. The first-order chi connectivity index (χ1) is 17.2. The number of pyridine rings is 1. The maximum atomic E-state index is 13.6. The van der Waals surface area contributed by atoms with Gasteiger partial charge in [-0.2, -0.15) is 0 Å². The number of piperidine rings is 1. The minimum atomic E-state index is -0.387. The molecule has 1 saturated heterocycles. The minimum Gasteiger partial charge on any atom is -0.496 e. The van der Waals surface area contributed by atoms with E-state index >= 15 is 0 Å². The molecule has 5 rings (SSSR count). The van der Waals surface area contributed by atoms with Crippen molar-refractivity contribution in [2.45, 2.75) is 25.8 Å². The van der Waals surface area contributed by atoms with Crippen LogP contribution in [-0.2, 0) is 16.1 Å². The fourth-order valence-corrected chi connectivity index (χ4v) is 4.64. The molecule has 7 nitrogen and oxygen atoms in total. The van der Waals surface area contributed by atoms with Gasteiger partial charge in [-0.25, -0.2) is 0 Å². The molecular weight excluding hydrogens is 440 g/mol. The van der Waals surface area contributed by atoms with Crippen LogP contribution in [0, 0.1) is 0 Å². The van der Waals surface area contributed by atoms with Crippen LogP contribution < -0.4 is 15.0 Å². The number of rotatable bonds is 7. The monoisotopic (exact) mass is 468 g/mol. The second kappa shape index (κ2) is 10.0. The minimum absolute atomic E-state index is 0.0935. The lowest BCUT2D eigenvalue weighted by atomic mass is 10.0. The number of benzene rings is 2. The fraction of sp³-hybridized carbons (Fsp3) is 0.250. The van der Waals surface area contributed by atoms with E-state index in [1.54, 1.807) is 37.6 Å². The van der Waals surface area contributed by atoms with E-state index in [0.717, 1.165) is 18.8 Å². The molecule has 0 aliphatic carbocycles. The lowest BCUT2D eigenvalue weighted by Gasteiger charge is -2.28. The number of imide groups is 1. The van der Waals surface area contributed by atoms with Crippen molar-refractivity contribution in [3.05, 3.63) is 89.9 Å². The van der Waals surface area contributed by atoms with Gasteiger partial charge < -0.3 is 15.0 Å². The smallest absolute Gasteiger partial charge is 0.278 e. The van der Waals surface area contributed by atoms with Gasteiger partial charge in [-0.15, -0.1) is 0 Å². The predicted octanol–water partition coefficient (Wildman–Crippen LogP) is 4.47. The van der Waals surface area contributed by atoms with E-state index in [0.29, 0.717) is 22.6 Å². The molecule has 3 aromatic rings. The van der Waals surface area contributed by atoms with Gasteiger partial charge in [0.2, 0.25) is 0 Å². The number of anilines is 2. The molecule has 0 atom stereocenters. The molecule has 1 N–H and O–H groups in total. The van der Waals surface area contributed by atoms with Crippen LogP contribution in [0.2, 0.25) is 0 Å². The maximum absolute atomic E-state index is 13.6. The van der Waals surface area contributed by atoms with Crippen molar-refractivity contribution in [2.75, 3.05) is 30.4 Å². The molecule has 2 amide bonds. The number of carbonyl (C=O) groups is 2. The number of hydrogen-bond donors (Lipinski definition) is 1. The van der Waals surface area contributed by atoms with Crippen molar-refractivity contribution in [3.8, 4) is 5.75 Å². The number of amides is 2. The van der Waals surface area contributed by atoms with Crippen LogP contribution in [0.1, 0.15) is 30.5 Å². The fourth-order valence-electron chi connectivity index (χ4n) is 4.64. The first-order valence-corrected chi connectivity index (χ1v) is 11.9. The SMILES string of the molecule is COc1ccccc1C1=C(Nc2ccc(N3CCCCC3)cc2)C(=O)N(Cc2ccccn2)C1=O. The Kier molecular flexibility index (Phi) is 6.48. The molecule has 0 radical (unpaired) electrons. The highest BCUT2D eigenvalue weighted by molar-refractivity contribution is 6.36. The lowest BCUT2D eigenvalue weighted by molar-refractivity contribution is -0.137. The van der Waals surface area contributed by atoms with Crippen LogP contribution in [0.3, 0.4) is 0 Å². The molecule has 2 aliphatic rings. The third-order valence-corrected chi connectivity index (χ3v) is 6.45. The standard InChI is InChI=1S/C28H28N4O3/c1-35-24-11-4-3-10-23(24)25-26(28(34)32(27(25)33)19-21-9-5-6-16-29-21)30-20-12-14-22(15-13-20)31-17-7-2-8-18-31/h3-6,9-16,30H,2,7-8,17-19H2,1H3. The zero-order chi connectivity index (χ0) is 24.2. The van der Waals surface area contributed by atoms with E-state index in [2.05, 4.69) is 27.3 Å². The Labute approximate surface area is 205 Å². The molecule has 0 unspecified atom stereocenters. The van der Waals surface area contributed by atoms with Crippen molar-refractivity contribution in [3.63, 3.8) is 0 Å². The largest absolute Gasteiger partial charge is 0.496 e. The molecule has 2 aromatic carbocycles. The Hall–Kier alpha value is -4.13. The van der Waals surface area contributed by atoms with Gasteiger partial charge >= 0.3 is 0 Å². The quantitative estimate of drug-likeness (QED) is 0.516. The molecule has 3 heterocycles. The Morgan fingerprint density at radius 1 is 0.886 bits per heavy atom. The Bertz CT molecular complexity index is 1250. The summed E-state index contributed by atoms with van der Waals surface area (Å²) < 4.78 is 5.51. The predicted molar refractivity (Wildman–Crippen MR) is 136 cm³/mol. The van der Waals surface area contributed by atoms with Crippen LogP contribution in [0.5, 0.6) is 5.75 Å². The first-order valence-electron chi connectivity index (χ1n) is 11.9. The summed E-state index contributed by atoms with van der Waals surface area (Å²) in [4.78, 5) is 35.0. The molecular formula is C28H28N4O3. The summed E-state index contributed by atoms with van der Waals surface area (Å²) in [7, 11) is 1.55. The van der Waals surface area contributed by atoms with Gasteiger partial charge in [-0.3, -0.25) is 19.5 Å².